The summed E-state index contributed by atoms with van der Waals surface area (Å²) in [5, 5.41) is 2.72. The van der Waals surface area contributed by atoms with Gasteiger partial charge in [-0.1, -0.05) is 45.9 Å². The molecule has 6 heteroatoms. The van der Waals surface area contributed by atoms with Gasteiger partial charge >= 0.3 is 0 Å². The van der Waals surface area contributed by atoms with Crippen LogP contribution in [0.1, 0.15) is 39.7 Å². The molecule has 0 aromatic heterocycles. The topological polar surface area (TPSA) is 66.5 Å². The lowest BCUT2D eigenvalue weighted by Crippen LogP contribution is -2.39. The van der Waals surface area contributed by atoms with E-state index in [1.807, 2.05) is 45.0 Å². The van der Waals surface area contributed by atoms with E-state index in [-0.39, 0.29) is 24.4 Å². The molecular weight excluding hydrogens is 300 g/mol. The highest BCUT2D eigenvalue weighted by Crippen LogP contribution is 2.32. The second-order valence-corrected chi connectivity index (χ2v) is 8.21. The van der Waals surface area contributed by atoms with Crippen LogP contribution in [0.15, 0.2) is 24.3 Å². The number of carbonyl (C=O) groups excluding carboxylic acids is 1. The lowest BCUT2D eigenvalue weighted by Gasteiger charge is -2.30. The normalized spacial score (nSPS) is 12.0. The Kier molecular flexibility index (Phi) is 6.00. The van der Waals surface area contributed by atoms with Crippen LogP contribution in [0.5, 0.6) is 0 Å². The number of nitrogens with zero attached hydrogens (tertiary/aromatic N) is 1. The SMILES string of the molecule is CCC(=O)NCCN(c1ccccc1C(C)(C)C)S(C)(=O)=O. The fraction of sp³-hybridized carbons (Fsp3) is 0.562. The second kappa shape index (κ2) is 7.13. The van der Waals surface area contributed by atoms with E-state index in [1.165, 1.54) is 10.6 Å². The summed E-state index contributed by atoms with van der Waals surface area (Å²) in [6.07, 6.45) is 1.57. The third-order valence-electron chi connectivity index (χ3n) is 3.34. The van der Waals surface area contributed by atoms with Gasteiger partial charge in [0.05, 0.1) is 18.5 Å². The van der Waals surface area contributed by atoms with Crippen LogP contribution in [0, 0.1) is 0 Å². The number of amides is 1. The van der Waals surface area contributed by atoms with Crippen LogP contribution in [0.2, 0.25) is 0 Å². The average Bonchev–Trinajstić information content (AvgIpc) is 2.41. The molecule has 0 unspecified atom stereocenters. The average molecular weight is 326 g/mol. The Hall–Kier alpha value is -1.56. The molecule has 0 saturated heterocycles. The van der Waals surface area contributed by atoms with Crippen molar-refractivity contribution >= 4 is 21.6 Å². The molecule has 1 rings (SSSR count). The Labute approximate surface area is 133 Å². The van der Waals surface area contributed by atoms with Gasteiger partial charge in [0.2, 0.25) is 15.9 Å². The summed E-state index contributed by atoms with van der Waals surface area (Å²) in [6, 6.07) is 7.48. The maximum Gasteiger partial charge on any atom is 0.232 e. The number of sulfonamides is 1. The van der Waals surface area contributed by atoms with Crippen LogP contribution in [0.3, 0.4) is 0 Å². The number of benzene rings is 1. The molecule has 0 saturated carbocycles. The Balaban J connectivity index is 3.12. The van der Waals surface area contributed by atoms with Gasteiger partial charge in [-0.2, -0.15) is 0 Å². The second-order valence-electron chi connectivity index (χ2n) is 6.31. The van der Waals surface area contributed by atoms with Crippen molar-refractivity contribution < 1.29 is 13.2 Å². The van der Waals surface area contributed by atoms with Crippen LogP contribution < -0.4 is 9.62 Å². The quantitative estimate of drug-likeness (QED) is 0.872. The van der Waals surface area contributed by atoms with Crippen LogP contribution in [-0.4, -0.2) is 33.7 Å². The first-order valence-corrected chi connectivity index (χ1v) is 9.26. The van der Waals surface area contributed by atoms with Crippen molar-refractivity contribution in [1.29, 1.82) is 0 Å². The molecule has 0 bridgehead atoms. The minimum Gasteiger partial charge on any atom is -0.354 e. The van der Waals surface area contributed by atoms with Gasteiger partial charge in [0.15, 0.2) is 0 Å². The molecule has 124 valence electrons. The minimum atomic E-state index is -3.42. The number of hydrogen-bond donors (Lipinski definition) is 1. The van der Waals surface area contributed by atoms with Crippen molar-refractivity contribution in [3.8, 4) is 0 Å². The van der Waals surface area contributed by atoms with Crippen LogP contribution in [0.4, 0.5) is 5.69 Å². The maximum absolute atomic E-state index is 12.2. The number of anilines is 1. The Morgan fingerprint density at radius 2 is 1.82 bits per heavy atom. The summed E-state index contributed by atoms with van der Waals surface area (Å²) < 4.78 is 25.7. The number of hydrogen-bond acceptors (Lipinski definition) is 3. The highest BCUT2D eigenvalue weighted by Gasteiger charge is 2.25. The molecule has 1 aromatic carbocycles. The molecule has 0 aliphatic rings. The molecule has 0 aliphatic heterocycles. The number of nitrogens with one attached hydrogen (secondary N) is 1. The molecule has 0 heterocycles. The zero-order chi connectivity index (χ0) is 17.0. The van der Waals surface area contributed by atoms with Crippen LogP contribution >= 0.6 is 0 Å². The van der Waals surface area contributed by atoms with E-state index in [2.05, 4.69) is 5.32 Å². The molecule has 0 radical (unpaired) electrons. The van der Waals surface area contributed by atoms with E-state index in [0.29, 0.717) is 12.1 Å². The monoisotopic (exact) mass is 326 g/mol. The first kappa shape index (κ1) is 18.5. The van der Waals surface area contributed by atoms with Gasteiger partial charge in [-0.3, -0.25) is 9.10 Å². The molecule has 0 atom stereocenters. The van der Waals surface area contributed by atoms with Crippen molar-refractivity contribution in [1.82, 2.24) is 5.32 Å². The Morgan fingerprint density at radius 3 is 2.32 bits per heavy atom. The molecule has 0 fully saturated rings. The van der Waals surface area contributed by atoms with Gasteiger partial charge < -0.3 is 5.32 Å². The smallest absolute Gasteiger partial charge is 0.232 e. The van der Waals surface area contributed by atoms with Gasteiger partial charge in [-0.15, -0.1) is 0 Å². The number of para-hydroxylation sites is 1. The summed E-state index contributed by atoms with van der Waals surface area (Å²) in [5.41, 5.74) is 1.46. The number of rotatable bonds is 6. The molecule has 22 heavy (non-hydrogen) atoms. The summed E-state index contributed by atoms with van der Waals surface area (Å²) in [4.78, 5) is 11.3. The van der Waals surface area contributed by atoms with Gasteiger partial charge in [0.1, 0.15) is 0 Å². The highest BCUT2D eigenvalue weighted by atomic mass is 32.2. The minimum absolute atomic E-state index is 0.0856. The van der Waals surface area contributed by atoms with Gasteiger partial charge in [0.25, 0.3) is 0 Å². The van der Waals surface area contributed by atoms with Crippen molar-refractivity contribution in [2.75, 3.05) is 23.7 Å². The zero-order valence-corrected chi connectivity index (χ0v) is 14.8. The van der Waals surface area contributed by atoms with E-state index >= 15 is 0 Å². The van der Waals surface area contributed by atoms with E-state index < -0.39 is 10.0 Å². The number of carbonyl (C=O) groups is 1. The Bertz CT molecular complexity index is 619. The van der Waals surface area contributed by atoms with Gasteiger partial charge in [-0.05, 0) is 17.0 Å². The zero-order valence-electron chi connectivity index (χ0n) is 14.0. The van der Waals surface area contributed by atoms with Crippen molar-refractivity contribution in [2.45, 2.75) is 39.5 Å². The molecule has 1 N–H and O–H groups in total. The van der Waals surface area contributed by atoms with E-state index in [0.717, 1.165) is 5.56 Å². The molecule has 1 aromatic rings. The van der Waals surface area contributed by atoms with Crippen LogP contribution in [-0.2, 0) is 20.2 Å². The van der Waals surface area contributed by atoms with E-state index in [4.69, 9.17) is 0 Å². The molecule has 1 amide bonds. The molecular formula is C16H26N2O3S. The predicted octanol–water partition coefficient (Wildman–Crippen LogP) is 2.28. The predicted molar refractivity (Wildman–Crippen MR) is 90.6 cm³/mol. The summed E-state index contributed by atoms with van der Waals surface area (Å²) >= 11 is 0. The van der Waals surface area contributed by atoms with E-state index in [1.54, 1.807) is 6.92 Å². The largest absolute Gasteiger partial charge is 0.354 e. The van der Waals surface area contributed by atoms with Gasteiger partial charge in [0, 0.05) is 13.0 Å². The van der Waals surface area contributed by atoms with Gasteiger partial charge in [-0.25, -0.2) is 8.42 Å². The molecule has 0 aliphatic carbocycles. The third kappa shape index (κ3) is 5.02. The fourth-order valence-corrected chi connectivity index (χ4v) is 3.15. The standard InChI is InChI=1S/C16H26N2O3S/c1-6-15(19)17-11-12-18(22(5,20)21)14-10-8-7-9-13(14)16(2,3)4/h7-10H,6,11-12H2,1-5H3,(H,17,19). The van der Waals surface area contributed by atoms with Crippen LogP contribution in [0.25, 0.3) is 0 Å². The molecule has 5 nitrogen and oxygen atoms in total. The Morgan fingerprint density at radius 1 is 1.23 bits per heavy atom. The summed E-state index contributed by atoms with van der Waals surface area (Å²) in [6.45, 7) is 8.41. The summed E-state index contributed by atoms with van der Waals surface area (Å²) in [7, 11) is -3.42. The van der Waals surface area contributed by atoms with Crippen molar-refractivity contribution in [3.63, 3.8) is 0 Å². The highest BCUT2D eigenvalue weighted by molar-refractivity contribution is 7.92. The van der Waals surface area contributed by atoms with Crippen molar-refractivity contribution in [2.24, 2.45) is 0 Å². The maximum atomic E-state index is 12.2. The fourth-order valence-electron chi connectivity index (χ4n) is 2.21. The molecule has 0 spiro atoms. The third-order valence-corrected chi connectivity index (χ3v) is 4.52. The summed E-state index contributed by atoms with van der Waals surface area (Å²) in [5.74, 6) is -0.0856. The van der Waals surface area contributed by atoms with Crippen molar-refractivity contribution in [3.05, 3.63) is 29.8 Å². The lowest BCUT2D eigenvalue weighted by molar-refractivity contribution is -0.120. The van der Waals surface area contributed by atoms with E-state index in [9.17, 15) is 13.2 Å². The first-order chi connectivity index (χ1) is 10.1. The first-order valence-electron chi connectivity index (χ1n) is 7.41. The lowest BCUT2D eigenvalue weighted by atomic mass is 9.86.